The maximum Gasteiger partial charge on any atom is 0.226 e. The van der Waals surface area contributed by atoms with Crippen LogP contribution in [0.4, 0.5) is 5.69 Å². The standard InChI is InChI=1S/C21H22N2O4S/c1-14-8-9-17(28(3,26)27)12-19(14)22-21(25)13-20-18-7-5-4-6-16(18)10-11-23(20)15(2)24/h4-12,20H,13H2,1-3H3,(H,22,25)/t20-/m1/s1. The second-order valence-electron chi connectivity index (χ2n) is 6.89. The van der Waals surface area contributed by atoms with E-state index in [-0.39, 0.29) is 23.1 Å². The van der Waals surface area contributed by atoms with Crippen LogP contribution in [-0.2, 0) is 19.4 Å². The van der Waals surface area contributed by atoms with E-state index in [1.807, 2.05) is 30.3 Å². The number of amides is 2. The fourth-order valence-electron chi connectivity index (χ4n) is 3.26. The largest absolute Gasteiger partial charge is 0.326 e. The van der Waals surface area contributed by atoms with E-state index >= 15 is 0 Å². The lowest BCUT2D eigenvalue weighted by Crippen LogP contribution is -2.33. The molecule has 1 aliphatic heterocycles. The molecule has 0 fully saturated rings. The number of benzene rings is 2. The summed E-state index contributed by atoms with van der Waals surface area (Å²) >= 11 is 0. The van der Waals surface area contributed by atoms with Crippen LogP contribution in [0.5, 0.6) is 0 Å². The number of fused-ring (bicyclic) bond motifs is 1. The number of carbonyl (C=O) groups excluding carboxylic acids is 2. The Kier molecular flexibility index (Phi) is 5.38. The van der Waals surface area contributed by atoms with Gasteiger partial charge in [-0.25, -0.2) is 8.42 Å². The molecule has 1 aliphatic rings. The van der Waals surface area contributed by atoms with E-state index in [0.717, 1.165) is 22.9 Å². The smallest absolute Gasteiger partial charge is 0.226 e. The Bertz CT molecular complexity index is 1070. The molecule has 1 N–H and O–H groups in total. The molecular formula is C21H22N2O4S. The van der Waals surface area contributed by atoms with Crippen LogP contribution in [-0.4, -0.2) is 31.4 Å². The molecule has 0 saturated carbocycles. The summed E-state index contributed by atoms with van der Waals surface area (Å²) in [5.74, 6) is -0.450. The Balaban J connectivity index is 1.86. The van der Waals surface area contributed by atoms with Crippen molar-refractivity contribution in [3.8, 4) is 0 Å². The predicted octanol–water partition coefficient (Wildman–Crippen LogP) is 3.30. The molecule has 146 valence electrons. The summed E-state index contributed by atoms with van der Waals surface area (Å²) in [7, 11) is -3.38. The van der Waals surface area contributed by atoms with Gasteiger partial charge in [0.05, 0.1) is 17.4 Å². The number of hydrogen-bond donors (Lipinski definition) is 1. The predicted molar refractivity (Wildman–Crippen MR) is 108 cm³/mol. The third-order valence-corrected chi connectivity index (χ3v) is 5.87. The van der Waals surface area contributed by atoms with Crippen molar-refractivity contribution in [1.82, 2.24) is 4.90 Å². The number of anilines is 1. The summed E-state index contributed by atoms with van der Waals surface area (Å²) in [6.07, 6.45) is 4.73. The van der Waals surface area contributed by atoms with Gasteiger partial charge in [0, 0.05) is 25.1 Å². The van der Waals surface area contributed by atoms with Gasteiger partial charge >= 0.3 is 0 Å². The van der Waals surface area contributed by atoms with E-state index < -0.39 is 15.9 Å². The first-order valence-corrected chi connectivity index (χ1v) is 10.7. The summed E-state index contributed by atoms with van der Waals surface area (Å²) in [5, 5.41) is 2.79. The zero-order chi connectivity index (χ0) is 20.5. The van der Waals surface area contributed by atoms with Crippen LogP contribution in [0.1, 0.15) is 36.1 Å². The van der Waals surface area contributed by atoms with Crippen molar-refractivity contribution in [3.05, 3.63) is 65.4 Å². The maximum absolute atomic E-state index is 12.7. The fraction of sp³-hybridized carbons (Fsp3) is 0.238. The van der Waals surface area contributed by atoms with Crippen molar-refractivity contribution in [2.75, 3.05) is 11.6 Å². The zero-order valence-electron chi connectivity index (χ0n) is 16.0. The van der Waals surface area contributed by atoms with E-state index in [4.69, 9.17) is 0 Å². The van der Waals surface area contributed by atoms with Crippen LogP contribution >= 0.6 is 0 Å². The summed E-state index contributed by atoms with van der Waals surface area (Å²) in [5.41, 5.74) is 3.07. The third-order valence-electron chi connectivity index (χ3n) is 4.76. The molecule has 3 rings (SSSR count). The number of nitrogens with one attached hydrogen (secondary N) is 1. The monoisotopic (exact) mass is 398 g/mol. The number of rotatable bonds is 4. The molecule has 2 aromatic carbocycles. The van der Waals surface area contributed by atoms with Crippen LogP contribution < -0.4 is 5.32 Å². The average Bonchev–Trinajstić information content (AvgIpc) is 2.62. The fourth-order valence-corrected chi connectivity index (χ4v) is 3.90. The Morgan fingerprint density at radius 1 is 1.14 bits per heavy atom. The average molecular weight is 398 g/mol. The van der Waals surface area contributed by atoms with E-state index in [1.165, 1.54) is 19.1 Å². The van der Waals surface area contributed by atoms with Gasteiger partial charge in [0.15, 0.2) is 9.84 Å². The van der Waals surface area contributed by atoms with Crippen LogP contribution in [0.25, 0.3) is 6.08 Å². The lowest BCUT2D eigenvalue weighted by atomic mass is 9.93. The van der Waals surface area contributed by atoms with Crippen LogP contribution in [0.2, 0.25) is 0 Å². The molecule has 0 unspecified atom stereocenters. The Labute approximate surface area is 164 Å². The van der Waals surface area contributed by atoms with Crippen LogP contribution in [0.3, 0.4) is 0 Å². The van der Waals surface area contributed by atoms with Gasteiger partial charge in [0.1, 0.15) is 0 Å². The molecule has 2 amide bonds. The highest BCUT2D eigenvalue weighted by Gasteiger charge is 2.28. The van der Waals surface area contributed by atoms with Gasteiger partial charge in [-0.3, -0.25) is 9.59 Å². The lowest BCUT2D eigenvalue weighted by Gasteiger charge is -2.32. The molecule has 6 nitrogen and oxygen atoms in total. The SMILES string of the molecule is CC(=O)N1C=Cc2ccccc2[C@H]1CC(=O)Nc1cc(S(C)(=O)=O)ccc1C. The zero-order valence-corrected chi connectivity index (χ0v) is 16.8. The topological polar surface area (TPSA) is 83.6 Å². The molecule has 1 atom stereocenters. The molecule has 1 heterocycles. The quantitative estimate of drug-likeness (QED) is 0.857. The minimum atomic E-state index is -3.38. The first-order valence-electron chi connectivity index (χ1n) is 8.83. The molecule has 0 aromatic heterocycles. The summed E-state index contributed by atoms with van der Waals surface area (Å²) in [6.45, 7) is 3.26. The van der Waals surface area contributed by atoms with E-state index in [1.54, 1.807) is 24.1 Å². The normalized spacial score (nSPS) is 15.8. The molecule has 0 radical (unpaired) electrons. The highest BCUT2D eigenvalue weighted by molar-refractivity contribution is 7.90. The number of hydrogen-bond acceptors (Lipinski definition) is 4. The Morgan fingerprint density at radius 3 is 2.54 bits per heavy atom. The van der Waals surface area contributed by atoms with Gasteiger partial charge < -0.3 is 10.2 Å². The van der Waals surface area contributed by atoms with Gasteiger partial charge in [0.25, 0.3) is 0 Å². The second-order valence-corrected chi connectivity index (χ2v) is 8.90. The van der Waals surface area contributed by atoms with Gasteiger partial charge in [-0.15, -0.1) is 0 Å². The van der Waals surface area contributed by atoms with Crippen molar-refractivity contribution in [2.45, 2.75) is 31.2 Å². The number of carbonyl (C=O) groups is 2. The molecule has 2 aromatic rings. The van der Waals surface area contributed by atoms with Gasteiger partial charge in [-0.2, -0.15) is 0 Å². The second kappa shape index (κ2) is 7.59. The Hall–Kier alpha value is -2.93. The van der Waals surface area contributed by atoms with Crippen molar-refractivity contribution >= 4 is 33.4 Å². The highest BCUT2D eigenvalue weighted by Crippen LogP contribution is 2.33. The van der Waals surface area contributed by atoms with E-state index in [2.05, 4.69) is 5.32 Å². The van der Waals surface area contributed by atoms with E-state index in [9.17, 15) is 18.0 Å². The molecule has 0 spiro atoms. The molecule has 0 bridgehead atoms. The molecular weight excluding hydrogens is 376 g/mol. The van der Waals surface area contributed by atoms with E-state index in [0.29, 0.717) is 5.69 Å². The number of sulfone groups is 1. The van der Waals surface area contributed by atoms with Crippen molar-refractivity contribution in [2.24, 2.45) is 0 Å². The van der Waals surface area contributed by atoms with Crippen molar-refractivity contribution < 1.29 is 18.0 Å². The number of nitrogens with zero attached hydrogens (tertiary/aromatic N) is 1. The maximum atomic E-state index is 12.7. The van der Waals surface area contributed by atoms with Crippen molar-refractivity contribution in [3.63, 3.8) is 0 Å². The van der Waals surface area contributed by atoms with Crippen molar-refractivity contribution in [1.29, 1.82) is 0 Å². The van der Waals surface area contributed by atoms with Gasteiger partial charge in [0.2, 0.25) is 11.8 Å². The summed E-state index contributed by atoms with van der Waals surface area (Å²) in [6, 6.07) is 11.8. The molecule has 0 aliphatic carbocycles. The van der Waals surface area contributed by atoms with Crippen LogP contribution in [0.15, 0.2) is 53.6 Å². The third kappa shape index (κ3) is 4.14. The summed E-state index contributed by atoms with van der Waals surface area (Å²) in [4.78, 5) is 26.5. The highest BCUT2D eigenvalue weighted by atomic mass is 32.2. The Morgan fingerprint density at radius 2 is 1.86 bits per heavy atom. The minimum Gasteiger partial charge on any atom is -0.326 e. The van der Waals surface area contributed by atoms with Gasteiger partial charge in [-0.05, 0) is 41.8 Å². The molecule has 0 saturated heterocycles. The van der Waals surface area contributed by atoms with Gasteiger partial charge in [-0.1, -0.05) is 30.3 Å². The first-order chi connectivity index (χ1) is 13.2. The first kappa shape index (κ1) is 19.8. The van der Waals surface area contributed by atoms with Crippen LogP contribution in [0, 0.1) is 6.92 Å². The molecule has 7 heteroatoms. The summed E-state index contributed by atoms with van der Waals surface area (Å²) < 4.78 is 23.6. The number of aryl methyl sites for hydroxylation is 1. The minimum absolute atomic E-state index is 0.0590. The molecule has 28 heavy (non-hydrogen) atoms. The lowest BCUT2D eigenvalue weighted by molar-refractivity contribution is -0.129.